The minimum atomic E-state index is -4.43. The van der Waals surface area contributed by atoms with Crippen molar-refractivity contribution in [2.24, 2.45) is 13.5 Å². The lowest BCUT2D eigenvalue weighted by molar-refractivity contribution is -0.0466. The van der Waals surface area contributed by atoms with Crippen molar-refractivity contribution >= 4 is 24.3 Å². The first-order valence-corrected chi connectivity index (χ1v) is 6.83. The van der Waals surface area contributed by atoms with Gasteiger partial charge < -0.3 is 4.74 Å². The number of alkyl halides is 3. The molecule has 0 fully saturated rings. The normalized spacial score (nSPS) is 30.9. The van der Waals surface area contributed by atoms with Crippen molar-refractivity contribution in [2.45, 2.75) is 18.7 Å². The van der Waals surface area contributed by atoms with Gasteiger partial charge in [0.25, 0.3) is 0 Å². The third kappa shape index (κ3) is 2.06. The fraction of sp³-hybridized carbons (Fsp3) is 1.00. The maximum absolute atomic E-state index is 12.8. The van der Waals surface area contributed by atoms with Crippen LogP contribution >= 0.6 is 24.3 Å². The molecule has 0 aromatic carbocycles. The third-order valence-corrected chi connectivity index (χ3v) is 7.09. The van der Waals surface area contributed by atoms with Gasteiger partial charge in [0.1, 0.15) is 5.85 Å². The molecule has 4 nitrogen and oxygen atoms in total. The van der Waals surface area contributed by atoms with Crippen LogP contribution in [0.2, 0.25) is 0 Å². The van der Waals surface area contributed by atoms with Gasteiger partial charge in [0.15, 0.2) is 17.0 Å². The highest BCUT2D eigenvalue weighted by atomic mass is 31.2. The molecule has 0 N–H and O–H groups in total. The van der Waals surface area contributed by atoms with Gasteiger partial charge in [-0.2, -0.15) is 26.7 Å². The molecule has 2 atom stereocenters. The molecule has 14 heavy (non-hydrogen) atoms. The van der Waals surface area contributed by atoms with Crippen LogP contribution in [-0.2, 0) is 4.74 Å². The SMILES string of the molecule is COC(C)P1(C(F)(F)F)=NP=NP=N1. The molecule has 2 unspecified atom stereocenters. The van der Waals surface area contributed by atoms with E-state index >= 15 is 0 Å². The molecule has 1 aliphatic rings. The van der Waals surface area contributed by atoms with Gasteiger partial charge in [-0.05, 0) is 6.92 Å². The molecule has 0 saturated heterocycles. The monoisotopic (exact) mass is 263 g/mol. The third-order valence-electron chi connectivity index (χ3n) is 1.65. The van der Waals surface area contributed by atoms with Gasteiger partial charge in [0.2, 0.25) is 7.21 Å². The van der Waals surface area contributed by atoms with E-state index in [1.165, 1.54) is 14.0 Å². The minimum absolute atomic E-state index is 0.0907. The Morgan fingerprint density at radius 2 is 2.00 bits per heavy atom. The van der Waals surface area contributed by atoms with Crippen LogP contribution in [0.25, 0.3) is 0 Å². The van der Waals surface area contributed by atoms with E-state index in [1.807, 2.05) is 0 Å². The maximum atomic E-state index is 12.8. The zero-order chi connectivity index (χ0) is 10.8. The molecule has 0 bridgehead atoms. The second-order valence-corrected chi connectivity index (χ2v) is 7.44. The van der Waals surface area contributed by atoms with Crippen molar-refractivity contribution in [3.8, 4) is 0 Å². The van der Waals surface area contributed by atoms with Crippen molar-refractivity contribution in [1.82, 2.24) is 0 Å². The fourth-order valence-electron chi connectivity index (χ4n) is 0.794. The molecule has 10 heteroatoms. The summed E-state index contributed by atoms with van der Waals surface area (Å²) < 4.78 is 53.6. The van der Waals surface area contributed by atoms with Gasteiger partial charge in [-0.3, -0.25) is 0 Å². The Balaban J connectivity index is 3.24. The average Bonchev–Trinajstić information content (AvgIpc) is 2.16. The molecule has 80 valence electrons. The Kier molecular flexibility index (Phi) is 3.81. The van der Waals surface area contributed by atoms with E-state index in [0.29, 0.717) is 0 Å². The van der Waals surface area contributed by atoms with Crippen LogP contribution < -0.4 is 0 Å². The van der Waals surface area contributed by atoms with Gasteiger partial charge in [-0.15, -0.1) is 0 Å². The fourth-order valence-corrected chi connectivity index (χ4v) is 5.99. The highest BCUT2D eigenvalue weighted by Crippen LogP contribution is 2.72. The Morgan fingerprint density at radius 3 is 2.36 bits per heavy atom. The Labute approximate surface area is 82.2 Å². The number of nitrogens with zero attached hydrogens (tertiary/aromatic N) is 3. The predicted octanol–water partition coefficient (Wildman–Crippen LogP) is 4.72. The van der Waals surface area contributed by atoms with Crippen molar-refractivity contribution in [2.75, 3.05) is 7.11 Å². The van der Waals surface area contributed by atoms with Crippen molar-refractivity contribution in [1.29, 1.82) is 0 Å². The van der Waals surface area contributed by atoms with E-state index in [-0.39, 0.29) is 17.0 Å². The number of rotatable bonds is 2. The first kappa shape index (κ1) is 12.3. The highest BCUT2D eigenvalue weighted by molar-refractivity contribution is 7.73. The second-order valence-electron chi connectivity index (χ2n) is 2.40. The smallest absolute Gasteiger partial charge is 0.373 e. The number of hydrogen-bond acceptors (Lipinski definition) is 4. The summed E-state index contributed by atoms with van der Waals surface area (Å²) in [7, 11) is -2.35. The molecular formula is C4H7F3N3OP3. The Hall–Kier alpha value is 0.180. The van der Waals surface area contributed by atoms with Crippen molar-refractivity contribution < 1.29 is 17.9 Å². The number of halogens is 3. The van der Waals surface area contributed by atoms with E-state index < -0.39 is 19.0 Å². The summed E-state index contributed by atoms with van der Waals surface area (Å²) in [5, 5.41) is 0. The maximum Gasteiger partial charge on any atom is 0.443 e. The van der Waals surface area contributed by atoms with Gasteiger partial charge in [-0.1, -0.05) is 0 Å². The summed E-state index contributed by atoms with van der Waals surface area (Å²) in [4.78, 5) is 0. The lowest BCUT2D eigenvalue weighted by Crippen LogP contribution is -2.18. The van der Waals surface area contributed by atoms with Crippen LogP contribution in [0.1, 0.15) is 6.92 Å². The highest BCUT2D eigenvalue weighted by Gasteiger charge is 2.53. The Morgan fingerprint density at radius 1 is 1.36 bits per heavy atom. The zero-order valence-corrected chi connectivity index (χ0v) is 9.99. The Bertz CT molecular complexity index is 326. The molecule has 1 heterocycles. The largest absolute Gasteiger partial charge is 0.443 e. The standard InChI is InChI=1S/C4H7F3N3OP3/c1-3(11-2)14(4(5,6)7)9-12-8-13-10-14/h3H,1-2H3. The summed E-state index contributed by atoms with van der Waals surface area (Å²) in [5.74, 6) is -5.46. The predicted molar refractivity (Wildman–Crippen MR) is 50.6 cm³/mol. The van der Waals surface area contributed by atoms with Gasteiger partial charge in [0, 0.05) is 7.11 Å². The van der Waals surface area contributed by atoms with Crippen LogP contribution in [0.15, 0.2) is 13.5 Å². The summed E-state index contributed by atoms with van der Waals surface area (Å²) in [6.45, 7) is 1.34. The molecular weight excluding hydrogens is 256 g/mol. The van der Waals surface area contributed by atoms with E-state index in [2.05, 4.69) is 13.5 Å². The summed E-state index contributed by atoms with van der Waals surface area (Å²) >= 11 is 0. The topological polar surface area (TPSA) is 46.3 Å². The molecule has 0 aromatic rings. The molecule has 0 aromatic heterocycles. The van der Waals surface area contributed by atoms with Crippen LogP contribution in [0, 0.1) is 0 Å². The number of methoxy groups -OCH3 is 1. The molecule has 0 aliphatic carbocycles. The van der Waals surface area contributed by atoms with E-state index in [4.69, 9.17) is 4.74 Å². The number of hydrogen-bond donors (Lipinski definition) is 0. The van der Waals surface area contributed by atoms with Gasteiger partial charge in [0.05, 0.1) is 0 Å². The second kappa shape index (κ2) is 4.36. The van der Waals surface area contributed by atoms with Crippen molar-refractivity contribution in [3.05, 3.63) is 0 Å². The molecule has 0 spiro atoms. The van der Waals surface area contributed by atoms with Gasteiger partial charge in [-0.25, -0.2) is 0 Å². The summed E-state index contributed by atoms with van der Waals surface area (Å²) in [6, 6.07) is 0. The van der Waals surface area contributed by atoms with Crippen LogP contribution in [0.4, 0.5) is 13.2 Å². The molecule has 1 aliphatic heterocycles. The summed E-state index contributed by atoms with van der Waals surface area (Å²) in [5.41, 5.74) is 0. The first-order chi connectivity index (χ1) is 6.44. The molecule has 0 saturated carbocycles. The number of ether oxygens (including phenoxy) is 1. The zero-order valence-electron chi connectivity index (χ0n) is 7.30. The molecule has 0 amide bonds. The summed E-state index contributed by atoms with van der Waals surface area (Å²) in [6.07, 6.45) is 0. The van der Waals surface area contributed by atoms with Crippen LogP contribution in [0.5, 0.6) is 0 Å². The average molecular weight is 263 g/mol. The molecule has 0 radical (unpaired) electrons. The van der Waals surface area contributed by atoms with Crippen LogP contribution in [0.3, 0.4) is 0 Å². The van der Waals surface area contributed by atoms with Crippen LogP contribution in [-0.4, -0.2) is 18.9 Å². The lowest BCUT2D eigenvalue weighted by atomic mass is 10.9. The van der Waals surface area contributed by atoms with E-state index in [1.54, 1.807) is 0 Å². The van der Waals surface area contributed by atoms with Crippen molar-refractivity contribution in [3.63, 3.8) is 0 Å². The van der Waals surface area contributed by atoms with E-state index in [0.717, 1.165) is 0 Å². The van der Waals surface area contributed by atoms with Gasteiger partial charge >= 0.3 is 5.92 Å². The molecule has 1 rings (SSSR count). The lowest BCUT2D eigenvalue weighted by Gasteiger charge is -2.26. The quantitative estimate of drug-likeness (QED) is 0.665. The minimum Gasteiger partial charge on any atom is -0.373 e. The first-order valence-electron chi connectivity index (χ1n) is 3.47. The van der Waals surface area contributed by atoms with E-state index in [9.17, 15) is 13.2 Å².